The Bertz CT molecular complexity index is 280. The van der Waals surface area contributed by atoms with Crippen LogP contribution >= 0.6 is 0 Å². The largest absolute Gasteiger partial charge is 0.299 e. The molecule has 1 heterocycles. The number of rotatable bonds is 2. The summed E-state index contributed by atoms with van der Waals surface area (Å²) in [6.07, 6.45) is 2.50. The van der Waals surface area contributed by atoms with E-state index >= 15 is 0 Å². The van der Waals surface area contributed by atoms with Gasteiger partial charge in [0.15, 0.2) is 0 Å². The highest BCUT2D eigenvalue weighted by atomic mass is 15.1. The Morgan fingerprint density at radius 1 is 1.23 bits per heavy atom. The van der Waals surface area contributed by atoms with Crippen molar-refractivity contribution in [3.05, 3.63) is 35.4 Å². The first kappa shape index (κ1) is 8.76. The smallest absolute Gasteiger partial charge is 0.0236 e. The van der Waals surface area contributed by atoms with Gasteiger partial charge in [0.25, 0.3) is 0 Å². The van der Waals surface area contributed by atoms with Crippen molar-refractivity contribution in [3.63, 3.8) is 0 Å². The van der Waals surface area contributed by atoms with Crippen LogP contribution in [0.25, 0.3) is 0 Å². The van der Waals surface area contributed by atoms with Gasteiger partial charge in [0.05, 0.1) is 0 Å². The van der Waals surface area contributed by atoms with Crippen molar-refractivity contribution in [2.45, 2.75) is 26.3 Å². The molecule has 0 bridgehead atoms. The summed E-state index contributed by atoms with van der Waals surface area (Å²) in [5.74, 6) is 0. The van der Waals surface area contributed by atoms with Crippen molar-refractivity contribution >= 4 is 0 Å². The molecule has 1 aliphatic rings. The lowest BCUT2D eigenvalue weighted by Gasteiger charge is -2.28. The van der Waals surface area contributed by atoms with E-state index in [1.807, 2.05) is 0 Å². The minimum absolute atomic E-state index is 1.16. The van der Waals surface area contributed by atoms with Gasteiger partial charge in [-0.15, -0.1) is 0 Å². The minimum atomic E-state index is 1.16. The molecule has 0 radical (unpaired) electrons. The van der Waals surface area contributed by atoms with Crippen LogP contribution in [0.2, 0.25) is 0 Å². The Kier molecular flexibility index (Phi) is 2.65. The van der Waals surface area contributed by atoms with Crippen LogP contribution in [0.4, 0.5) is 0 Å². The Morgan fingerprint density at radius 3 is 2.77 bits per heavy atom. The fourth-order valence-electron chi connectivity index (χ4n) is 2.06. The third kappa shape index (κ3) is 1.92. The number of benzene rings is 1. The Labute approximate surface area is 80.4 Å². The SMILES string of the molecule is CCCN1CCc2ccccc2C1. The van der Waals surface area contributed by atoms with Crippen molar-refractivity contribution in [2.75, 3.05) is 13.1 Å². The quantitative estimate of drug-likeness (QED) is 0.667. The van der Waals surface area contributed by atoms with Crippen LogP contribution in [0.15, 0.2) is 24.3 Å². The van der Waals surface area contributed by atoms with E-state index in [-0.39, 0.29) is 0 Å². The van der Waals surface area contributed by atoms with E-state index in [1.165, 1.54) is 31.5 Å². The molecule has 1 nitrogen and oxygen atoms in total. The molecule has 1 heteroatoms. The maximum atomic E-state index is 2.54. The molecule has 1 aliphatic heterocycles. The summed E-state index contributed by atoms with van der Waals surface area (Å²) in [6, 6.07) is 8.82. The van der Waals surface area contributed by atoms with Crippen molar-refractivity contribution in [1.82, 2.24) is 4.90 Å². The molecule has 0 aliphatic carbocycles. The van der Waals surface area contributed by atoms with Gasteiger partial charge in [-0.2, -0.15) is 0 Å². The summed E-state index contributed by atoms with van der Waals surface area (Å²) >= 11 is 0. The van der Waals surface area contributed by atoms with E-state index in [9.17, 15) is 0 Å². The Morgan fingerprint density at radius 2 is 2.00 bits per heavy atom. The third-order valence-corrected chi connectivity index (χ3v) is 2.75. The summed E-state index contributed by atoms with van der Waals surface area (Å²) in [5, 5.41) is 0. The van der Waals surface area contributed by atoms with Gasteiger partial charge in [0, 0.05) is 13.1 Å². The lowest BCUT2D eigenvalue weighted by Crippen LogP contribution is -2.30. The zero-order chi connectivity index (χ0) is 9.10. The summed E-state index contributed by atoms with van der Waals surface area (Å²) in [6.45, 7) is 5.89. The third-order valence-electron chi connectivity index (χ3n) is 2.75. The van der Waals surface area contributed by atoms with Gasteiger partial charge < -0.3 is 0 Å². The van der Waals surface area contributed by atoms with Crippen molar-refractivity contribution in [3.8, 4) is 0 Å². The van der Waals surface area contributed by atoms with E-state index in [4.69, 9.17) is 0 Å². The van der Waals surface area contributed by atoms with Gasteiger partial charge in [-0.1, -0.05) is 31.2 Å². The van der Waals surface area contributed by atoms with E-state index in [1.54, 1.807) is 5.56 Å². The molecule has 0 fully saturated rings. The summed E-state index contributed by atoms with van der Waals surface area (Å²) < 4.78 is 0. The van der Waals surface area contributed by atoms with Crippen molar-refractivity contribution in [2.24, 2.45) is 0 Å². The average molecular weight is 175 g/mol. The molecule has 13 heavy (non-hydrogen) atoms. The first-order valence-corrected chi connectivity index (χ1v) is 5.19. The number of hydrogen-bond acceptors (Lipinski definition) is 1. The number of hydrogen-bond donors (Lipinski definition) is 0. The molecule has 0 spiro atoms. The Hall–Kier alpha value is -0.820. The van der Waals surface area contributed by atoms with Crippen molar-refractivity contribution in [1.29, 1.82) is 0 Å². The average Bonchev–Trinajstić information content (AvgIpc) is 2.18. The fraction of sp³-hybridized carbons (Fsp3) is 0.500. The number of fused-ring (bicyclic) bond motifs is 1. The van der Waals surface area contributed by atoms with Gasteiger partial charge in [-0.25, -0.2) is 0 Å². The fourth-order valence-corrected chi connectivity index (χ4v) is 2.06. The second-order valence-electron chi connectivity index (χ2n) is 3.79. The zero-order valence-corrected chi connectivity index (χ0v) is 8.29. The van der Waals surface area contributed by atoms with Gasteiger partial charge in [0.1, 0.15) is 0 Å². The highest BCUT2D eigenvalue weighted by Crippen LogP contribution is 2.18. The van der Waals surface area contributed by atoms with Crippen LogP contribution in [0, 0.1) is 0 Å². The molecule has 0 saturated heterocycles. The van der Waals surface area contributed by atoms with Crippen LogP contribution in [0.3, 0.4) is 0 Å². The van der Waals surface area contributed by atoms with E-state index < -0.39 is 0 Å². The molecule has 0 unspecified atom stereocenters. The van der Waals surface area contributed by atoms with Crippen LogP contribution in [0.5, 0.6) is 0 Å². The van der Waals surface area contributed by atoms with E-state index in [0.717, 1.165) is 6.54 Å². The van der Waals surface area contributed by atoms with Gasteiger partial charge >= 0.3 is 0 Å². The molecule has 0 aromatic heterocycles. The van der Waals surface area contributed by atoms with Crippen molar-refractivity contribution < 1.29 is 0 Å². The molecule has 0 saturated carbocycles. The summed E-state index contributed by atoms with van der Waals surface area (Å²) in [4.78, 5) is 2.54. The van der Waals surface area contributed by atoms with Gasteiger partial charge in [0.2, 0.25) is 0 Å². The number of nitrogens with zero attached hydrogens (tertiary/aromatic N) is 1. The highest BCUT2D eigenvalue weighted by molar-refractivity contribution is 5.28. The normalized spacial score (nSPS) is 17.0. The molecule has 0 amide bonds. The topological polar surface area (TPSA) is 3.24 Å². The van der Waals surface area contributed by atoms with Crippen LogP contribution < -0.4 is 0 Å². The van der Waals surface area contributed by atoms with Crippen LogP contribution in [-0.2, 0) is 13.0 Å². The van der Waals surface area contributed by atoms with Crippen LogP contribution in [-0.4, -0.2) is 18.0 Å². The lowest BCUT2D eigenvalue weighted by molar-refractivity contribution is 0.255. The molecule has 1 aromatic rings. The molecule has 1 aromatic carbocycles. The molecule has 0 N–H and O–H groups in total. The monoisotopic (exact) mass is 175 g/mol. The lowest BCUT2D eigenvalue weighted by atomic mass is 10.00. The predicted molar refractivity (Wildman–Crippen MR) is 55.7 cm³/mol. The van der Waals surface area contributed by atoms with E-state index in [0.29, 0.717) is 0 Å². The zero-order valence-electron chi connectivity index (χ0n) is 8.29. The second-order valence-corrected chi connectivity index (χ2v) is 3.79. The maximum absolute atomic E-state index is 2.54. The van der Waals surface area contributed by atoms with Gasteiger partial charge in [-0.05, 0) is 30.5 Å². The first-order chi connectivity index (χ1) is 6.40. The van der Waals surface area contributed by atoms with Gasteiger partial charge in [-0.3, -0.25) is 4.90 Å². The summed E-state index contributed by atoms with van der Waals surface area (Å²) in [5.41, 5.74) is 3.08. The Balaban J connectivity index is 2.11. The molecular formula is C12H17N. The standard InChI is InChI=1S/C12H17N/c1-2-8-13-9-7-11-5-3-4-6-12(11)10-13/h3-6H,2,7-10H2,1H3. The second kappa shape index (κ2) is 3.93. The minimum Gasteiger partial charge on any atom is -0.299 e. The maximum Gasteiger partial charge on any atom is 0.0236 e. The molecule has 0 atom stereocenters. The predicted octanol–water partition coefficient (Wildman–Crippen LogP) is 2.45. The highest BCUT2D eigenvalue weighted by Gasteiger charge is 2.13. The molecule has 70 valence electrons. The first-order valence-electron chi connectivity index (χ1n) is 5.19. The van der Waals surface area contributed by atoms with Crippen LogP contribution in [0.1, 0.15) is 24.5 Å². The van der Waals surface area contributed by atoms with E-state index in [2.05, 4.69) is 36.1 Å². The summed E-state index contributed by atoms with van der Waals surface area (Å²) in [7, 11) is 0. The molecule has 2 rings (SSSR count). The molecular weight excluding hydrogens is 158 g/mol.